The van der Waals surface area contributed by atoms with Gasteiger partial charge in [-0.3, -0.25) is 0 Å². The Kier molecular flexibility index (Phi) is 3.25. The molecule has 1 N–H and O–H groups in total. The van der Waals surface area contributed by atoms with Crippen molar-refractivity contribution < 1.29 is 9.90 Å². The first-order chi connectivity index (χ1) is 8.20. The van der Waals surface area contributed by atoms with Crippen molar-refractivity contribution in [3.63, 3.8) is 0 Å². The fourth-order valence-electron chi connectivity index (χ4n) is 1.52. The van der Waals surface area contributed by atoms with Crippen LogP contribution in [-0.4, -0.2) is 11.1 Å². The molecule has 0 saturated heterocycles. The van der Waals surface area contributed by atoms with E-state index in [0.717, 1.165) is 16.8 Å². The van der Waals surface area contributed by atoms with Gasteiger partial charge in [0.25, 0.3) is 0 Å². The van der Waals surface area contributed by atoms with Gasteiger partial charge in [0, 0.05) is 12.4 Å². The van der Waals surface area contributed by atoms with Crippen molar-refractivity contribution in [2.24, 2.45) is 4.36 Å². The predicted molar refractivity (Wildman–Crippen MR) is 68.3 cm³/mol. The summed E-state index contributed by atoms with van der Waals surface area (Å²) in [6.07, 6.45) is 0. The standard InChI is InChI=1S/C13H9NO2S/c15-13(16)11-3-1-9(2-4-11)10-5-7-12(14-17)8-6-10/h1-8H,(H,15,16). The molecule has 0 spiro atoms. The lowest BCUT2D eigenvalue weighted by Crippen LogP contribution is -1.94. The van der Waals surface area contributed by atoms with E-state index in [-0.39, 0.29) is 5.56 Å². The number of carboxylic acid groups (broad SMARTS) is 1. The molecule has 84 valence electrons. The molecular formula is C13H9NO2S. The molecule has 0 aliphatic rings. The number of carboxylic acids is 1. The van der Waals surface area contributed by atoms with E-state index in [1.807, 2.05) is 24.3 Å². The maximum absolute atomic E-state index is 10.7. The van der Waals surface area contributed by atoms with Crippen LogP contribution in [0, 0.1) is 0 Å². The zero-order valence-electron chi connectivity index (χ0n) is 8.83. The van der Waals surface area contributed by atoms with E-state index in [2.05, 4.69) is 16.8 Å². The Morgan fingerprint density at radius 2 is 1.41 bits per heavy atom. The fraction of sp³-hybridized carbons (Fsp3) is 0. The second-order valence-electron chi connectivity index (χ2n) is 3.52. The topological polar surface area (TPSA) is 49.7 Å². The van der Waals surface area contributed by atoms with Gasteiger partial charge in [0.2, 0.25) is 0 Å². The summed E-state index contributed by atoms with van der Waals surface area (Å²) in [6.45, 7) is 0. The molecule has 2 aromatic carbocycles. The summed E-state index contributed by atoms with van der Waals surface area (Å²) >= 11 is 4.58. The zero-order valence-corrected chi connectivity index (χ0v) is 9.65. The molecule has 0 saturated carbocycles. The maximum Gasteiger partial charge on any atom is 0.335 e. The molecule has 3 nitrogen and oxygen atoms in total. The predicted octanol–water partition coefficient (Wildman–Crippen LogP) is 3.41. The lowest BCUT2D eigenvalue weighted by molar-refractivity contribution is 0.0697. The molecule has 0 amide bonds. The first kappa shape index (κ1) is 11.4. The molecular weight excluding hydrogens is 234 g/mol. The Labute approximate surface area is 104 Å². The Balaban J connectivity index is 2.32. The number of hydrogen-bond donors (Lipinski definition) is 1. The average molecular weight is 243 g/mol. The third kappa shape index (κ3) is 2.54. The van der Waals surface area contributed by atoms with Gasteiger partial charge in [0.1, 0.15) is 0 Å². The quantitative estimate of drug-likeness (QED) is 0.898. The van der Waals surface area contributed by atoms with Crippen LogP contribution in [0.4, 0.5) is 5.69 Å². The van der Waals surface area contributed by atoms with Crippen LogP contribution in [-0.2, 0) is 12.4 Å². The van der Waals surface area contributed by atoms with Crippen molar-refractivity contribution in [3.05, 3.63) is 54.1 Å². The highest BCUT2D eigenvalue weighted by Crippen LogP contribution is 2.22. The van der Waals surface area contributed by atoms with Gasteiger partial charge in [-0.15, -0.1) is 0 Å². The summed E-state index contributed by atoms with van der Waals surface area (Å²) in [4.78, 5) is 10.7. The number of rotatable bonds is 3. The van der Waals surface area contributed by atoms with E-state index >= 15 is 0 Å². The highest BCUT2D eigenvalue weighted by Gasteiger charge is 2.02. The van der Waals surface area contributed by atoms with Gasteiger partial charge in [0.05, 0.1) is 11.3 Å². The van der Waals surface area contributed by atoms with Crippen LogP contribution < -0.4 is 0 Å². The third-order valence-corrected chi connectivity index (χ3v) is 2.65. The van der Waals surface area contributed by atoms with E-state index in [1.54, 1.807) is 24.3 Å². The molecule has 2 rings (SSSR count). The number of carbonyl (C=O) groups is 1. The first-order valence-corrected chi connectivity index (χ1v) is 5.34. The minimum Gasteiger partial charge on any atom is -0.478 e. The van der Waals surface area contributed by atoms with Crippen molar-refractivity contribution in [1.29, 1.82) is 0 Å². The highest BCUT2D eigenvalue weighted by atomic mass is 32.1. The van der Waals surface area contributed by atoms with Crippen LogP contribution in [0.25, 0.3) is 11.1 Å². The third-order valence-electron chi connectivity index (χ3n) is 2.44. The van der Waals surface area contributed by atoms with Gasteiger partial charge in [0.15, 0.2) is 0 Å². The zero-order chi connectivity index (χ0) is 12.3. The number of hydrogen-bond acceptors (Lipinski definition) is 3. The van der Waals surface area contributed by atoms with Crippen LogP contribution in [0.5, 0.6) is 0 Å². The van der Waals surface area contributed by atoms with Crippen molar-refractivity contribution in [2.75, 3.05) is 0 Å². The molecule has 0 aliphatic carbocycles. The normalized spacial score (nSPS) is 9.88. The fourth-order valence-corrected chi connectivity index (χ4v) is 1.64. The van der Waals surface area contributed by atoms with E-state index in [1.165, 1.54) is 0 Å². The second-order valence-corrected chi connectivity index (χ2v) is 3.70. The van der Waals surface area contributed by atoms with Crippen LogP contribution in [0.3, 0.4) is 0 Å². The average Bonchev–Trinajstić information content (AvgIpc) is 2.39. The molecule has 0 atom stereocenters. The summed E-state index contributed by atoms with van der Waals surface area (Å²) in [6, 6.07) is 14.2. The summed E-state index contributed by atoms with van der Waals surface area (Å²) in [5.74, 6) is -0.920. The van der Waals surface area contributed by atoms with Crippen molar-refractivity contribution in [3.8, 4) is 11.1 Å². The molecule has 17 heavy (non-hydrogen) atoms. The van der Waals surface area contributed by atoms with Crippen LogP contribution in [0.1, 0.15) is 10.4 Å². The van der Waals surface area contributed by atoms with E-state index in [9.17, 15) is 4.79 Å². The minimum atomic E-state index is -0.920. The summed E-state index contributed by atoms with van der Waals surface area (Å²) in [5.41, 5.74) is 2.99. The van der Waals surface area contributed by atoms with Gasteiger partial charge in [-0.05, 0) is 35.4 Å². The molecule has 4 heteroatoms. The number of aromatic carboxylic acids is 1. The van der Waals surface area contributed by atoms with Crippen molar-refractivity contribution >= 4 is 24.1 Å². The first-order valence-electron chi connectivity index (χ1n) is 4.98. The van der Waals surface area contributed by atoms with Crippen molar-refractivity contribution in [2.45, 2.75) is 0 Å². The van der Waals surface area contributed by atoms with Gasteiger partial charge in [-0.1, -0.05) is 24.3 Å². The highest BCUT2D eigenvalue weighted by molar-refractivity contribution is 7.47. The van der Waals surface area contributed by atoms with Crippen LogP contribution in [0.15, 0.2) is 52.9 Å². The van der Waals surface area contributed by atoms with Crippen molar-refractivity contribution in [1.82, 2.24) is 0 Å². The monoisotopic (exact) mass is 243 g/mol. The molecule has 0 bridgehead atoms. The second kappa shape index (κ2) is 4.84. The largest absolute Gasteiger partial charge is 0.478 e. The Bertz CT molecular complexity index is 547. The Morgan fingerprint density at radius 1 is 0.941 bits per heavy atom. The van der Waals surface area contributed by atoms with Gasteiger partial charge in [-0.25, -0.2) is 4.79 Å². The lowest BCUT2D eigenvalue weighted by Gasteiger charge is -2.02. The number of benzene rings is 2. The smallest absolute Gasteiger partial charge is 0.335 e. The molecule has 0 unspecified atom stereocenters. The maximum atomic E-state index is 10.7. The SMILES string of the molecule is O=C(O)c1ccc(-c2ccc(N=S)cc2)cc1. The summed E-state index contributed by atoms with van der Waals surface area (Å²) in [7, 11) is 0. The molecule has 0 aromatic heterocycles. The van der Waals surface area contributed by atoms with E-state index in [4.69, 9.17) is 5.11 Å². The number of nitrogens with zero attached hydrogens (tertiary/aromatic N) is 1. The summed E-state index contributed by atoms with van der Waals surface area (Å²) in [5, 5.41) is 8.79. The lowest BCUT2D eigenvalue weighted by atomic mass is 10.0. The van der Waals surface area contributed by atoms with Crippen LogP contribution in [0.2, 0.25) is 0 Å². The van der Waals surface area contributed by atoms with Gasteiger partial charge >= 0.3 is 5.97 Å². The minimum absolute atomic E-state index is 0.283. The Morgan fingerprint density at radius 3 is 1.82 bits per heavy atom. The van der Waals surface area contributed by atoms with Gasteiger partial charge < -0.3 is 5.11 Å². The molecule has 2 aromatic rings. The Hall–Kier alpha value is -2.07. The molecule has 0 fully saturated rings. The van der Waals surface area contributed by atoms with E-state index < -0.39 is 5.97 Å². The summed E-state index contributed by atoms with van der Waals surface area (Å²) < 4.78 is 3.65. The molecule has 0 radical (unpaired) electrons. The van der Waals surface area contributed by atoms with E-state index in [0.29, 0.717) is 0 Å². The van der Waals surface area contributed by atoms with Gasteiger partial charge in [-0.2, -0.15) is 4.36 Å². The molecule has 0 aliphatic heterocycles. The van der Waals surface area contributed by atoms with Crippen LogP contribution >= 0.6 is 0 Å². The molecule has 0 heterocycles.